The van der Waals surface area contributed by atoms with E-state index in [1.54, 1.807) is 0 Å². The topological polar surface area (TPSA) is 26.0 Å². The molecule has 0 aromatic rings. The molecule has 1 heteroatoms. The Kier molecular flexibility index (Phi) is 2.35. The molecule has 3 saturated carbocycles. The molecule has 0 amide bonds. The lowest BCUT2D eigenvalue weighted by Gasteiger charge is -2.32. The van der Waals surface area contributed by atoms with Crippen LogP contribution < -0.4 is 5.73 Å². The van der Waals surface area contributed by atoms with Crippen LogP contribution in [0.25, 0.3) is 0 Å². The second-order valence-corrected chi connectivity index (χ2v) is 6.47. The van der Waals surface area contributed by atoms with E-state index in [1.807, 2.05) is 0 Å². The van der Waals surface area contributed by atoms with Crippen LogP contribution in [-0.4, -0.2) is 5.54 Å². The summed E-state index contributed by atoms with van der Waals surface area (Å²) in [7, 11) is 0. The molecular formula is C14H25N. The second-order valence-electron chi connectivity index (χ2n) is 6.47. The smallest absolute Gasteiger partial charge is 0.0246 e. The zero-order valence-electron chi connectivity index (χ0n) is 10.0. The predicted molar refractivity (Wildman–Crippen MR) is 63.5 cm³/mol. The summed E-state index contributed by atoms with van der Waals surface area (Å²) in [5.74, 6) is 3.64. The normalized spacial score (nSPS) is 54.8. The maximum absolute atomic E-state index is 6.73. The summed E-state index contributed by atoms with van der Waals surface area (Å²) in [6.45, 7) is 2.42. The van der Waals surface area contributed by atoms with Crippen molar-refractivity contribution >= 4 is 0 Å². The highest BCUT2D eigenvalue weighted by atomic mass is 14.9. The summed E-state index contributed by atoms with van der Waals surface area (Å²) < 4.78 is 0. The van der Waals surface area contributed by atoms with Crippen LogP contribution in [0.3, 0.4) is 0 Å². The van der Waals surface area contributed by atoms with E-state index < -0.39 is 0 Å². The van der Waals surface area contributed by atoms with Gasteiger partial charge in [-0.2, -0.15) is 0 Å². The van der Waals surface area contributed by atoms with Crippen molar-refractivity contribution < 1.29 is 0 Å². The average Bonchev–Trinajstić information content (AvgIpc) is 2.87. The Morgan fingerprint density at radius 1 is 0.933 bits per heavy atom. The third kappa shape index (κ3) is 1.46. The highest BCUT2D eigenvalue weighted by Crippen LogP contribution is 2.62. The van der Waals surface area contributed by atoms with Crippen molar-refractivity contribution in [1.82, 2.24) is 0 Å². The van der Waals surface area contributed by atoms with Gasteiger partial charge in [-0.3, -0.25) is 0 Å². The van der Waals surface area contributed by atoms with Crippen molar-refractivity contribution in [3.63, 3.8) is 0 Å². The Bertz CT molecular complexity index is 236. The highest BCUT2D eigenvalue weighted by Gasteiger charge is 2.65. The molecule has 86 valence electrons. The van der Waals surface area contributed by atoms with Crippen LogP contribution in [0.15, 0.2) is 0 Å². The van der Waals surface area contributed by atoms with Gasteiger partial charge >= 0.3 is 0 Å². The van der Waals surface area contributed by atoms with Crippen molar-refractivity contribution in [3.05, 3.63) is 0 Å². The lowest BCUT2D eigenvalue weighted by molar-refractivity contribution is 0.219. The minimum absolute atomic E-state index is 0.297. The Morgan fingerprint density at radius 3 is 2.20 bits per heavy atom. The van der Waals surface area contributed by atoms with Crippen molar-refractivity contribution in [2.45, 2.75) is 63.8 Å². The van der Waals surface area contributed by atoms with E-state index in [0.717, 1.165) is 23.7 Å². The molecule has 3 rings (SSSR count). The Hall–Kier alpha value is -0.0400. The fraction of sp³-hybridized carbons (Fsp3) is 1.00. The van der Waals surface area contributed by atoms with Gasteiger partial charge in [0.2, 0.25) is 0 Å². The molecule has 4 atom stereocenters. The van der Waals surface area contributed by atoms with E-state index in [9.17, 15) is 0 Å². The van der Waals surface area contributed by atoms with Crippen LogP contribution in [0.4, 0.5) is 0 Å². The van der Waals surface area contributed by atoms with Crippen LogP contribution in [0.2, 0.25) is 0 Å². The van der Waals surface area contributed by atoms with E-state index in [0.29, 0.717) is 5.54 Å². The third-order valence-electron chi connectivity index (χ3n) is 5.58. The van der Waals surface area contributed by atoms with Crippen molar-refractivity contribution in [1.29, 1.82) is 0 Å². The first-order valence-electron chi connectivity index (χ1n) is 7.01. The van der Waals surface area contributed by atoms with Crippen LogP contribution in [0.5, 0.6) is 0 Å². The minimum atomic E-state index is 0.297. The fourth-order valence-electron chi connectivity index (χ4n) is 4.71. The fourth-order valence-corrected chi connectivity index (χ4v) is 4.71. The van der Waals surface area contributed by atoms with E-state index >= 15 is 0 Å². The van der Waals surface area contributed by atoms with Gasteiger partial charge in [-0.25, -0.2) is 0 Å². The second kappa shape index (κ2) is 3.48. The van der Waals surface area contributed by atoms with Gasteiger partial charge in [0.05, 0.1) is 0 Å². The van der Waals surface area contributed by atoms with Gasteiger partial charge in [-0.15, -0.1) is 0 Å². The van der Waals surface area contributed by atoms with Gasteiger partial charge < -0.3 is 5.73 Å². The molecule has 3 aliphatic carbocycles. The average molecular weight is 207 g/mol. The first kappa shape index (κ1) is 10.1. The molecule has 3 fully saturated rings. The van der Waals surface area contributed by atoms with Crippen LogP contribution >= 0.6 is 0 Å². The SMILES string of the molecule is CC1CCCC(C2(N)C3CCCCC32)C1. The molecule has 3 aliphatic rings. The number of rotatable bonds is 1. The van der Waals surface area contributed by atoms with Crippen LogP contribution in [0, 0.1) is 23.7 Å². The molecule has 0 aromatic carbocycles. The first-order chi connectivity index (χ1) is 7.23. The number of nitrogens with two attached hydrogens (primary N) is 1. The number of hydrogen-bond donors (Lipinski definition) is 1. The maximum atomic E-state index is 6.73. The predicted octanol–water partition coefficient (Wildman–Crippen LogP) is 3.33. The largest absolute Gasteiger partial charge is 0.324 e. The molecule has 4 unspecified atom stereocenters. The van der Waals surface area contributed by atoms with E-state index in [-0.39, 0.29) is 0 Å². The monoisotopic (exact) mass is 207 g/mol. The van der Waals surface area contributed by atoms with Crippen molar-refractivity contribution in [2.24, 2.45) is 29.4 Å². The molecule has 0 radical (unpaired) electrons. The quantitative estimate of drug-likeness (QED) is 0.701. The molecule has 0 aliphatic heterocycles. The standard InChI is InChI=1S/C14H25N/c1-10-5-4-6-11(9-10)14(15)12-7-2-3-8-13(12)14/h10-13H,2-9,15H2,1H3. The Labute approximate surface area is 93.8 Å². The van der Waals surface area contributed by atoms with E-state index in [4.69, 9.17) is 5.73 Å². The molecule has 0 heterocycles. The summed E-state index contributed by atoms with van der Waals surface area (Å²) in [5.41, 5.74) is 7.03. The summed E-state index contributed by atoms with van der Waals surface area (Å²) in [4.78, 5) is 0. The highest BCUT2D eigenvalue weighted by molar-refractivity contribution is 5.20. The first-order valence-corrected chi connectivity index (χ1v) is 7.01. The molecule has 0 spiro atoms. The van der Waals surface area contributed by atoms with Gasteiger partial charge in [0, 0.05) is 5.54 Å². The zero-order chi connectivity index (χ0) is 10.5. The van der Waals surface area contributed by atoms with Gasteiger partial charge in [0.25, 0.3) is 0 Å². The van der Waals surface area contributed by atoms with Crippen LogP contribution in [-0.2, 0) is 0 Å². The zero-order valence-corrected chi connectivity index (χ0v) is 10.0. The summed E-state index contributed by atoms with van der Waals surface area (Å²) in [6, 6.07) is 0. The summed E-state index contributed by atoms with van der Waals surface area (Å²) >= 11 is 0. The third-order valence-corrected chi connectivity index (χ3v) is 5.58. The summed E-state index contributed by atoms with van der Waals surface area (Å²) in [5, 5.41) is 0. The van der Waals surface area contributed by atoms with E-state index in [1.165, 1.54) is 51.4 Å². The van der Waals surface area contributed by atoms with E-state index in [2.05, 4.69) is 6.92 Å². The summed E-state index contributed by atoms with van der Waals surface area (Å²) in [6.07, 6.45) is 11.5. The van der Waals surface area contributed by atoms with Crippen LogP contribution in [0.1, 0.15) is 58.3 Å². The minimum Gasteiger partial charge on any atom is -0.324 e. The number of hydrogen-bond acceptors (Lipinski definition) is 1. The lowest BCUT2D eigenvalue weighted by atomic mass is 9.76. The molecular weight excluding hydrogens is 182 g/mol. The van der Waals surface area contributed by atoms with Crippen molar-refractivity contribution in [2.75, 3.05) is 0 Å². The van der Waals surface area contributed by atoms with Crippen molar-refractivity contribution in [3.8, 4) is 0 Å². The molecule has 0 saturated heterocycles. The van der Waals surface area contributed by atoms with Gasteiger partial charge in [-0.05, 0) is 49.4 Å². The lowest BCUT2D eigenvalue weighted by Crippen LogP contribution is -2.39. The number of fused-ring (bicyclic) bond motifs is 1. The maximum Gasteiger partial charge on any atom is 0.0246 e. The van der Waals surface area contributed by atoms with Gasteiger partial charge in [-0.1, -0.05) is 32.6 Å². The Balaban J connectivity index is 1.71. The van der Waals surface area contributed by atoms with Gasteiger partial charge in [0.15, 0.2) is 0 Å². The molecule has 0 aromatic heterocycles. The molecule has 2 N–H and O–H groups in total. The van der Waals surface area contributed by atoms with Gasteiger partial charge in [0.1, 0.15) is 0 Å². The molecule has 0 bridgehead atoms. The Morgan fingerprint density at radius 2 is 1.60 bits per heavy atom. The molecule has 15 heavy (non-hydrogen) atoms. The molecule has 1 nitrogen and oxygen atoms in total.